The van der Waals surface area contributed by atoms with E-state index in [0.29, 0.717) is 22.8 Å². The number of benzene rings is 6. The van der Waals surface area contributed by atoms with Crippen molar-refractivity contribution in [2.75, 3.05) is 0 Å². The fourth-order valence-electron chi connectivity index (χ4n) is 8.21. The minimum Gasteiger partial charge on any atom is -0.422 e. The van der Waals surface area contributed by atoms with Crippen molar-refractivity contribution in [3.05, 3.63) is 156 Å². The molecule has 0 spiro atoms. The van der Waals surface area contributed by atoms with E-state index < -0.39 is 0 Å². The summed E-state index contributed by atoms with van der Waals surface area (Å²) in [5.41, 5.74) is 9.46. The summed E-state index contributed by atoms with van der Waals surface area (Å²) in [4.78, 5) is 13.3. The minimum atomic E-state index is -0.319. The van der Waals surface area contributed by atoms with Crippen LogP contribution in [0.5, 0.6) is 0 Å². The van der Waals surface area contributed by atoms with Gasteiger partial charge in [0.1, 0.15) is 5.58 Å². The van der Waals surface area contributed by atoms with E-state index in [2.05, 4.69) is 118 Å². The molecule has 0 aliphatic heterocycles. The molecule has 1 fully saturated rings. The number of allylic oxidation sites excluding steroid dienone is 4. The molecule has 9 aromatic rings. The average molecular weight is 617 g/mol. The topological polar surface area (TPSA) is 40.1 Å². The Bertz CT molecular complexity index is 2950. The molecule has 1 saturated carbocycles. The quantitative estimate of drug-likeness (QED) is 0.146. The first kappa shape index (κ1) is 26.0. The van der Waals surface area contributed by atoms with Gasteiger partial charge in [0.25, 0.3) is 0 Å². The van der Waals surface area contributed by atoms with E-state index in [4.69, 9.17) is 4.42 Å². The number of rotatable bonds is 3. The summed E-state index contributed by atoms with van der Waals surface area (Å²) in [6.07, 6.45) is 8.42. The molecule has 48 heavy (non-hydrogen) atoms. The first-order chi connectivity index (χ1) is 23.7. The number of para-hydroxylation sites is 3. The third-order valence-electron chi connectivity index (χ3n) is 10.6. The number of nitrogens with zero attached hydrogens (tertiary/aromatic N) is 2. The van der Waals surface area contributed by atoms with Gasteiger partial charge in [-0.25, -0.2) is 4.79 Å². The molecule has 11 rings (SSSR count). The van der Waals surface area contributed by atoms with Crippen LogP contribution in [-0.2, 0) is 0 Å². The highest BCUT2D eigenvalue weighted by atomic mass is 16.4. The van der Waals surface area contributed by atoms with E-state index in [1.54, 1.807) is 0 Å². The predicted molar refractivity (Wildman–Crippen MR) is 198 cm³/mol. The predicted octanol–water partition coefficient (Wildman–Crippen LogP) is 10.9. The lowest BCUT2D eigenvalue weighted by molar-refractivity contribution is 0.570. The summed E-state index contributed by atoms with van der Waals surface area (Å²) in [5.74, 6) is 1.37. The second-order valence-corrected chi connectivity index (χ2v) is 13.3. The Hall–Kier alpha value is -6.13. The van der Waals surface area contributed by atoms with Gasteiger partial charge in [-0.15, -0.1) is 0 Å². The Morgan fingerprint density at radius 1 is 0.562 bits per heavy atom. The van der Waals surface area contributed by atoms with Crippen LogP contribution < -0.4 is 5.63 Å². The van der Waals surface area contributed by atoms with Crippen LogP contribution >= 0.6 is 0 Å². The normalized spacial score (nSPS) is 17.2. The van der Waals surface area contributed by atoms with Gasteiger partial charge in [-0.1, -0.05) is 97.1 Å². The first-order valence-electron chi connectivity index (χ1n) is 16.6. The lowest BCUT2D eigenvalue weighted by Gasteiger charge is -2.13. The van der Waals surface area contributed by atoms with Crippen LogP contribution in [0.25, 0.3) is 87.9 Å². The smallest absolute Gasteiger partial charge is 0.344 e. The third kappa shape index (κ3) is 3.57. The highest BCUT2D eigenvalue weighted by Crippen LogP contribution is 2.47. The van der Waals surface area contributed by atoms with Crippen LogP contribution in [0, 0.1) is 11.8 Å². The van der Waals surface area contributed by atoms with Gasteiger partial charge in [-0.3, -0.25) is 0 Å². The van der Waals surface area contributed by atoms with Gasteiger partial charge < -0.3 is 13.6 Å². The molecule has 2 aliphatic rings. The fourth-order valence-corrected chi connectivity index (χ4v) is 8.21. The maximum absolute atomic E-state index is 13.3. The first-order valence-corrected chi connectivity index (χ1v) is 16.6. The van der Waals surface area contributed by atoms with Gasteiger partial charge in [0, 0.05) is 43.7 Å². The van der Waals surface area contributed by atoms with Gasteiger partial charge in [0.2, 0.25) is 0 Å². The number of aromatic nitrogens is 2. The van der Waals surface area contributed by atoms with Crippen LogP contribution in [0.2, 0.25) is 0 Å². The molecule has 2 unspecified atom stereocenters. The van der Waals surface area contributed by atoms with Crippen LogP contribution in [0.15, 0.2) is 155 Å². The molecule has 0 bridgehead atoms. The van der Waals surface area contributed by atoms with E-state index in [1.165, 1.54) is 39.5 Å². The SMILES string of the molecule is O=c1oc2ccccc2c2c1ccc1c3ccc(-c4ccc5c6ccccc6n(C6=CC7CC7C=C6)c5c4)cc3n(-c3ccccc3)c12. The maximum atomic E-state index is 13.3. The van der Waals surface area contributed by atoms with Crippen molar-refractivity contribution in [1.82, 2.24) is 9.13 Å². The molecule has 4 nitrogen and oxygen atoms in total. The van der Waals surface area contributed by atoms with Gasteiger partial charge in [0.05, 0.1) is 27.5 Å². The molecule has 0 amide bonds. The van der Waals surface area contributed by atoms with Gasteiger partial charge in [-0.2, -0.15) is 0 Å². The summed E-state index contributed by atoms with van der Waals surface area (Å²) >= 11 is 0. The van der Waals surface area contributed by atoms with E-state index in [-0.39, 0.29) is 5.63 Å². The number of hydrogen-bond donors (Lipinski definition) is 0. The third-order valence-corrected chi connectivity index (χ3v) is 10.6. The highest BCUT2D eigenvalue weighted by molar-refractivity contribution is 6.24. The highest BCUT2D eigenvalue weighted by Gasteiger charge is 2.35. The Kier molecular flexibility index (Phi) is 5.12. The van der Waals surface area contributed by atoms with Crippen molar-refractivity contribution in [3.63, 3.8) is 0 Å². The van der Waals surface area contributed by atoms with Crippen molar-refractivity contribution >= 4 is 71.1 Å². The monoisotopic (exact) mass is 616 g/mol. The summed E-state index contributed by atoms with van der Waals surface area (Å²) in [6, 6.07) is 44.7. The Labute approximate surface area is 275 Å². The summed E-state index contributed by atoms with van der Waals surface area (Å²) < 4.78 is 10.5. The van der Waals surface area contributed by atoms with Crippen molar-refractivity contribution in [1.29, 1.82) is 0 Å². The van der Waals surface area contributed by atoms with Crippen molar-refractivity contribution in [3.8, 4) is 16.8 Å². The van der Waals surface area contributed by atoms with Crippen LogP contribution in [0.4, 0.5) is 0 Å². The second kappa shape index (κ2) is 9.46. The molecule has 2 aliphatic carbocycles. The average Bonchev–Trinajstić information content (AvgIpc) is 3.74. The molecule has 0 radical (unpaired) electrons. The van der Waals surface area contributed by atoms with E-state index in [1.807, 2.05) is 36.4 Å². The molecule has 4 heteroatoms. The lowest BCUT2D eigenvalue weighted by atomic mass is 10.0. The summed E-state index contributed by atoms with van der Waals surface area (Å²) in [5, 5.41) is 7.21. The van der Waals surface area contributed by atoms with Gasteiger partial charge in [-0.05, 0) is 77.9 Å². The summed E-state index contributed by atoms with van der Waals surface area (Å²) in [6.45, 7) is 0. The molecule has 0 saturated heterocycles. The van der Waals surface area contributed by atoms with Crippen LogP contribution in [0.3, 0.4) is 0 Å². The molecule has 226 valence electrons. The van der Waals surface area contributed by atoms with Crippen molar-refractivity contribution in [2.45, 2.75) is 6.42 Å². The molecule has 2 atom stereocenters. The lowest BCUT2D eigenvalue weighted by Crippen LogP contribution is -2.01. The van der Waals surface area contributed by atoms with Crippen LogP contribution in [0.1, 0.15) is 6.42 Å². The largest absolute Gasteiger partial charge is 0.422 e. The standard InChI is InChI=1S/C44H28N2O2/c47-44-37-21-20-35-34-19-16-28(25-40(34)46(30-8-2-1-3-9-30)43(35)42(37)36-11-5-7-13-41(36)48-44)27-15-18-33-32-10-4-6-12-38(32)45(39(33)24-27)31-17-14-26-22-29(26)23-31/h1-21,23-26,29H,22H2. The zero-order chi connectivity index (χ0) is 31.5. The zero-order valence-corrected chi connectivity index (χ0v) is 25.9. The van der Waals surface area contributed by atoms with Gasteiger partial charge in [0.15, 0.2) is 0 Å². The minimum absolute atomic E-state index is 0.319. The number of hydrogen-bond acceptors (Lipinski definition) is 2. The molecule has 3 aromatic heterocycles. The summed E-state index contributed by atoms with van der Waals surface area (Å²) in [7, 11) is 0. The molecule has 3 heterocycles. The van der Waals surface area contributed by atoms with Crippen molar-refractivity contribution < 1.29 is 4.42 Å². The van der Waals surface area contributed by atoms with E-state index >= 15 is 0 Å². The Balaban J connectivity index is 1.21. The molecular weight excluding hydrogens is 588 g/mol. The molecular formula is C44H28N2O2. The Morgan fingerprint density at radius 3 is 2.02 bits per heavy atom. The van der Waals surface area contributed by atoms with Gasteiger partial charge >= 0.3 is 5.63 Å². The maximum Gasteiger partial charge on any atom is 0.344 e. The van der Waals surface area contributed by atoms with Crippen molar-refractivity contribution in [2.24, 2.45) is 11.8 Å². The zero-order valence-electron chi connectivity index (χ0n) is 25.9. The molecule has 0 N–H and O–H groups in total. The molecule has 6 aromatic carbocycles. The second-order valence-electron chi connectivity index (χ2n) is 13.3. The fraction of sp³-hybridized carbons (Fsp3) is 0.0682. The Morgan fingerprint density at radius 2 is 1.21 bits per heavy atom. The van der Waals surface area contributed by atoms with Crippen LogP contribution in [-0.4, -0.2) is 9.13 Å². The number of fused-ring (bicyclic) bond motifs is 11. The van der Waals surface area contributed by atoms with E-state index in [9.17, 15) is 4.79 Å². The van der Waals surface area contributed by atoms with E-state index in [0.717, 1.165) is 43.8 Å².